The fourth-order valence-electron chi connectivity index (χ4n) is 3.52. The van der Waals surface area contributed by atoms with Crippen molar-refractivity contribution in [1.82, 2.24) is 14.8 Å². The molecule has 0 bridgehead atoms. The Kier molecular flexibility index (Phi) is 6.21. The van der Waals surface area contributed by atoms with Crippen molar-refractivity contribution in [2.45, 2.75) is 13.1 Å². The number of nitrogens with zero attached hydrogens (tertiary/aromatic N) is 3. The van der Waals surface area contributed by atoms with E-state index in [1.54, 1.807) is 30.3 Å². The number of rotatable bonds is 5. The average Bonchev–Trinajstić information content (AvgIpc) is 3.24. The number of carbonyl (C=O) groups is 2. The van der Waals surface area contributed by atoms with E-state index in [0.717, 1.165) is 6.07 Å². The highest BCUT2D eigenvalue weighted by Gasteiger charge is 2.36. The summed E-state index contributed by atoms with van der Waals surface area (Å²) < 4.78 is 57.0. The lowest BCUT2D eigenvalue weighted by Crippen LogP contribution is -2.17. The van der Waals surface area contributed by atoms with Crippen LogP contribution in [-0.2, 0) is 13.2 Å². The lowest BCUT2D eigenvalue weighted by Gasteiger charge is -2.15. The van der Waals surface area contributed by atoms with Gasteiger partial charge in [-0.15, -0.1) is 0 Å². The van der Waals surface area contributed by atoms with Crippen LogP contribution in [0.3, 0.4) is 0 Å². The summed E-state index contributed by atoms with van der Waals surface area (Å²) in [5.41, 5.74) is -1.17. The quantitative estimate of drug-likeness (QED) is 0.290. The molecule has 0 aliphatic heterocycles. The van der Waals surface area contributed by atoms with Gasteiger partial charge in [-0.25, -0.2) is 4.39 Å². The first kappa shape index (κ1) is 23.8. The zero-order chi connectivity index (χ0) is 25.3. The van der Waals surface area contributed by atoms with Gasteiger partial charge in [-0.1, -0.05) is 30.3 Å². The normalized spacial score (nSPS) is 11.4. The fraction of sp³-hybridized carbons (Fsp3) is 0.120. The van der Waals surface area contributed by atoms with Crippen molar-refractivity contribution in [1.29, 1.82) is 0 Å². The molecular weight excluding hydrogens is 464 g/mol. The van der Waals surface area contributed by atoms with E-state index >= 15 is 0 Å². The van der Waals surface area contributed by atoms with Gasteiger partial charge in [-0.2, -0.15) is 18.3 Å². The molecule has 0 fully saturated rings. The van der Waals surface area contributed by atoms with Crippen LogP contribution >= 0.6 is 0 Å². The largest absolute Gasteiger partial charge is 0.417 e. The van der Waals surface area contributed by atoms with Gasteiger partial charge in [0.25, 0.3) is 5.91 Å². The Bertz CT molecular complexity index is 1430. The van der Waals surface area contributed by atoms with Crippen LogP contribution in [0.25, 0.3) is 22.5 Å². The van der Waals surface area contributed by atoms with Crippen molar-refractivity contribution in [3.63, 3.8) is 0 Å². The first-order chi connectivity index (χ1) is 16.5. The minimum Gasteiger partial charge on any atom is -0.320 e. The van der Waals surface area contributed by atoms with Crippen molar-refractivity contribution in [3.05, 3.63) is 89.5 Å². The number of pyridine rings is 1. The molecule has 1 amide bonds. The third kappa shape index (κ3) is 4.96. The third-order valence-electron chi connectivity index (χ3n) is 5.24. The number of amides is 1. The van der Waals surface area contributed by atoms with Crippen molar-refractivity contribution in [2.24, 2.45) is 7.05 Å². The van der Waals surface area contributed by atoms with E-state index in [-0.39, 0.29) is 28.8 Å². The molecule has 0 saturated heterocycles. The van der Waals surface area contributed by atoms with Crippen LogP contribution in [0.1, 0.15) is 33.2 Å². The number of alkyl halides is 3. The molecule has 4 aromatic rings. The van der Waals surface area contributed by atoms with Crippen molar-refractivity contribution < 1.29 is 27.2 Å². The molecule has 6 nitrogen and oxygen atoms in total. The molecule has 35 heavy (non-hydrogen) atoms. The highest BCUT2D eigenvalue weighted by molar-refractivity contribution is 6.07. The van der Waals surface area contributed by atoms with Gasteiger partial charge in [-0.05, 0) is 31.2 Å². The Hall–Kier alpha value is -4.34. The topological polar surface area (TPSA) is 76.9 Å². The number of halogens is 4. The number of hydrogen-bond acceptors (Lipinski definition) is 4. The summed E-state index contributed by atoms with van der Waals surface area (Å²) in [7, 11) is 1.52. The van der Waals surface area contributed by atoms with E-state index in [0.29, 0.717) is 11.3 Å². The predicted molar refractivity (Wildman–Crippen MR) is 121 cm³/mol. The maximum Gasteiger partial charge on any atom is 0.417 e. The van der Waals surface area contributed by atoms with Gasteiger partial charge in [0.2, 0.25) is 0 Å². The summed E-state index contributed by atoms with van der Waals surface area (Å²) in [6.07, 6.45) is -2.09. The molecule has 10 heteroatoms. The molecule has 2 aromatic heterocycles. The van der Waals surface area contributed by atoms with Gasteiger partial charge < -0.3 is 5.32 Å². The van der Waals surface area contributed by atoms with Gasteiger partial charge in [0.05, 0.1) is 28.2 Å². The van der Waals surface area contributed by atoms with E-state index in [9.17, 15) is 27.2 Å². The van der Waals surface area contributed by atoms with Gasteiger partial charge in [0.15, 0.2) is 5.78 Å². The van der Waals surface area contributed by atoms with Crippen LogP contribution in [0.15, 0.2) is 67.0 Å². The molecule has 2 aromatic carbocycles. The number of anilines is 1. The van der Waals surface area contributed by atoms with E-state index in [4.69, 9.17) is 0 Å². The molecule has 1 N–H and O–H groups in total. The third-order valence-corrected chi connectivity index (χ3v) is 5.24. The number of benzene rings is 2. The van der Waals surface area contributed by atoms with E-state index in [1.807, 2.05) is 0 Å². The molecule has 0 aliphatic rings. The second-order valence-electron chi connectivity index (χ2n) is 7.75. The Morgan fingerprint density at radius 3 is 2.34 bits per heavy atom. The van der Waals surface area contributed by atoms with Crippen LogP contribution < -0.4 is 5.32 Å². The lowest BCUT2D eigenvalue weighted by molar-refractivity contribution is -0.137. The Labute approximate surface area is 197 Å². The molecule has 0 unspecified atom stereocenters. The molecular formula is C25H18F4N4O2. The minimum atomic E-state index is -4.87. The zero-order valence-electron chi connectivity index (χ0n) is 18.5. The molecule has 0 radical (unpaired) electrons. The Balaban J connectivity index is 1.81. The molecule has 4 rings (SSSR count). The minimum absolute atomic E-state index is 0.0703. The lowest BCUT2D eigenvalue weighted by atomic mass is 9.99. The van der Waals surface area contributed by atoms with E-state index in [2.05, 4.69) is 15.4 Å². The van der Waals surface area contributed by atoms with E-state index in [1.165, 1.54) is 43.2 Å². The van der Waals surface area contributed by atoms with Gasteiger partial charge in [-0.3, -0.25) is 19.3 Å². The second-order valence-corrected chi connectivity index (χ2v) is 7.75. The number of Topliss-reactive ketones (excluding diaryl/α,β-unsaturated/α-hetero) is 1. The zero-order valence-corrected chi connectivity index (χ0v) is 18.5. The Morgan fingerprint density at radius 2 is 1.74 bits per heavy atom. The average molecular weight is 482 g/mol. The van der Waals surface area contributed by atoms with Gasteiger partial charge in [0, 0.05) is 36.1 Å². The van der Waals surface area contributed by atoms with Gasteiger partial charge >= 0.3 is 6.18 Å². The highest BCUT2D eigenvalue weighted by Crippen LogP contribution is 2.38. The predicted octanol–water partition coefficient (Wildman–Crippen LogP) is 5.76. The summed E-state index contributed by atoms with van der Waals surface area (Å²) in [5, 5.41) is 6.47. The maximum absolute atomic E-state index is 14.8. The van der Waals surface area contributed by atoms with Crippen molar-refractivity contribution in [3.8, 4) is 22.5 Å². The van der Waals surface area contributed by atoms with Gasteiger partial charge in [0.1, 0.15) is 5.82 Å². The summed E-state index contributed by atoms with van der Waals surface area (Å²) in [6.45, 7) is 1.32. The second kappa shape index (κ2) is 9.13. The molecule has 0 saturated carbocycles. The van der Waals surface area contributed by atoms with Crippen molar-refractivity contribution in [2.75, 3.05) is 5.32 Å². The van der Waals surface area contributed by atoms with Crippen molar-refractivity contribution >= 4 is 17.4 Å². The number of hydrogen-bond donors (Lipinski definition) is 1. The standard InChI is InChI=1S/C25H18F4N4O2/c1-14(34)16-10-22(23(30-13-16)15-6-4-3-5-7-15)31-24(35)18-11-17(21-8-9-33(2)32-21)19(12-20(18)26)25(27,28)29/h3-13H,1-2H3,(H,31,35). The number of carbonyl (C=O) groups excluding carboxylic acids is 2. The fourth-order valence-corrected chi connectivity index (χ4v) is 3.52. The monoisotopic (exact) mass is 482 g/mol. The number of aromatic nitrogens is 3. The summed E-state index contributed by atoms with van der Waals surface area (Å²) in [5.74, 6) is -2.68. The number of aryl methyl sites for hydroxylation is 1. The summed E-state index contributed by atoms with van der Waals surface area (Å²) in [6, 6.07) is 12.5. The van der Waals surface area contributed by atoms with Crippen LogP contribution in [-0.4, -0.2) is 26.5 Å². The van der Waals surface area contributed by atoms with Crippen LogP contribution in [0.4, 0.5) is 23.2 Å². The van der Waals surface area contributed by atoms with Crippen LogP contribution in [0.2, 0.25) is 0 Å². The molecule has 2 heterocycles. The van der Waals surface area contributed by atoms with Crippen LogP contribution in [0, 0.1) is 5.82 Å². The summed E-state index contributed by atoms with van der Waals surface area (Å²) in [4.78, 5) is 29.2. The van der Waals surface area contributed by atoms with E-state index < -0.39 is 34.6 Å². The number of nitrogens with one attached hydrogen (secondary N) is 1. The first-order valence-electron chi connectivity index (χ1n) is 10.3. The molecule has 0 atom stereocenters. The Morgan fingerprint density at radius 1 is 1.03 bits per heavy atom. The smallest absolute Gasteiger partial charge is 0.320 e. The first-order valence-corrected chi connectivity index (χ1v) is 10.3. The number of ketones is 1. The molecule has 0 aliphatic carbocycles. The molecule has 178 valence electrons. The van der Waals surface area contributed by atoms with Crippen LogP contribution in [0.5, 0.6) is 0 Å². The highest BCUT2D eigenvalue weighted by atomic mass is 19.4. The molecule has 0 spiro atoms. The maximum atomic E-state index is 14.8. The summed E-state index contributed by atoms with van der Waals surface area (Å²) >= 11 is 0. The SMILES string of the molecule is CC(=O)c1cnc(-c2ccccc2)c(NC(=O)c2cc(-c3ccn(C)n3)c(C(F)(F)F)cc2F)c1.